The molecule has 0 atom stereocenters. The Kier molecular flexibility index (Phi) is 4.15. The SMILES string of the molecule is COc1cc(C)c(Cl)c(C(=O)CN)c1OC. The first kappa shape index (κ1) is 12.8. The third-order valence-electron chi connectivity index (χ3n) is 2.25. The number of benzene rings is 1. The number of ether oxygens (including phenoxy) is 2. The van der Waals surface area contributed by atoms with E-state index in [1.54, 1.807) is 13.0 Å². The van der Waals surface area contributed by atoms with Gasteiger partial charge < -0.3 is 15.2 Å². The zero-order chi connectivity index (χ0) is 12.3. The van der Waals surface area contributed by atoms with Crippen molar-refractivity contribution in [3.63, 3.8) is 0 Å². The molecule has 16 heavy (non-hydrogen) atoms. The molecule has 2 N–H and O–H groups in total. The smallest absolute Gasteiger partial charge is 0.181 e. The Morgan fingerprint density at radius 2 is 2.06 bits per heavy atom. The molecule has 0 unspecified atom stereocenters. The summed E-state index contributed by atoms with van der Waals surface area (Å²) in [6.45, 7) is 1.67. The summed E-state index contributed by atoms with van der Waals surface area (Å²) in [7, 11) is 2.96. The lowest BCUT2D eigenvalue weighted by Crippen LogP contribution is -2.16. The van der Waals surface area contributed by atoms with Gasteiger partial charge in [0.2, 0.25) is 0 Å². The molecular weight excluding hydrogens is 230 g/mol. The predicted molar refractivity (Wildman–Crippen MR) is 62.7 cm³/mol. The number of methoxy groups -OCH3 is 2. The van der Waals surface area contributed by atoms with E-state index in [1.807, 2.05) is 0 Å². The lowest BCUT2D eigenvalue weighted by atomic mass is 10.1. The molecule has 0 aliphatic heterocycles. The Morgan fingerprint density at radius 3 is 2.50 bits per heavy atom. The Balaban J connectivity index is 3.53. The maximum atomic E-state index is 11.7. The van der Waals surface area contributed by atoms with E-state index in [1.165, 1.54) is 14.2 Å². The van der Waals surface area contributed by atoms with Gasteiger partial charge in [-0.2, -0.15) is 0 Å². The molecule has 0 amide bonds. The van der Waals surface area contributed by atoms with E-state index in [0.717, 1.165) is 5.56 Å². The van der Waals surface area contributed by atoms with Gasteiger partial charge >= 0.3 is 0 Å². The van der Waals surface area contributed by atoms with Gasteiger partial charge in [-0.1, -0.05) is 11.6 Å². The van der Waals surface area contributed by atoms with Crippen molar-refractivity contribution in [3.05, 3.63) is 22.2 Å². The molecule has 0 fully saturated rings. The Bertz CT molecular complexity index is 418. The van der Waals surface area contributed by atoms with Gasteiger partial charge in [0.15, 0.2) is 17.3 Å². The second-order valence-electron chi connectivity index (χ2n) is 3.25. The summed E-state index contributed by atoms with van der Waals surface area (Å²) < 4.78 is 10.3. The van der Waals surface area contributed by atoms with Crippen LogP contribution in [-0.2, 0) is 0 Å². The standard InChI is InChI=1S/C11H14ClNO3/c1-6-4-8(15-2)11(16-3)9(10(6)12)7(14)5-13/h4H,5,13H2,1-3H3. The summed E-state index contributed by atoms with van der Waals surface area (Å²) in [5.74, 6) is 0.526. The molecule has 0 saturated heterocycles. The summed E-state index contributed by atoms with van der Waals surface area (Å²) in [6.07, 6.45) is 0. The van der Waals surface area contributed by atoms with E-state index in [-0.39, 0.29) is 17.9 Å². The Hall–Kier alpha value is -1.26. The van der Waals surface area contributed by atoms with Gasteiger partial charge in [0, 0.05) is 0 Å². The van der Waals surface area contributed by atoms with Crippen molar-refractivity contribution in [1.29, 1.82) is 0 Å². The lowest BCUT2D eigenvalue weighted by Gasteiger charge is -2.14. The van der Waals surface area contributed by atoms with Crippen molar-refractivity contribution in [3.8, 4) is 11.5 Å². The number of halogens is 1. The van der Waals surface area contributed by atoms with E-state index in [4.69, 9.17) is 26.8 Å². The predicted octanol–water partition coefficient (Wildman–Crippen LogP) is 1.81. The van der Waals surface area contributed by atoms with Crippen LogP contribution in [0.4, 0.5) is 0 Å². The minimum Gasteiger partial charge on any atom is -0.493 e. The maximum Gasteiger partial charge on any atom is 0.181 e. The van der Waals surface area contributed by atoms with Crippen LogP contribution in [0.1, 0.15) is 15.9 Å². The van der Waals surface area contributed by atoms with Gasteiger partial charge in [-0.25, -0.2) is 0 Å². The fourth-order valence-corrected chi connectivity index (χ4v) is 1.70. The molecule has 1 aromatic rings. The van der Waals surface area contributed by atoms with E-state index in [0.29, 0.717) is 16.5 Å². The average molecular weight is 244 g/mol. The van der Waals surface area contributed by atoms with Crippen LogP contribution < -0.4 is 15.2 Å². The highest BCUT2D eigenvalue weighted by Gasteiger charge is 2.21. The van der Waals surface area contributed by atoms with Crippen LogP contribution in [0.5, 0.6) is 11.5 Å². The number of carbonyl (C=O) groups is 1. The van der Waals surface area contributed by atoms with Gasteiger partial charge in [0.1, 0.15) is 0 Å². The molecule has 0 aliphatic rings. The molecule has 0 bridgehead atoms. The van der Waals surface area contributed by atoms with E-state index in [2.05, 4.69) is 0 Å². The quantitative estimate of drug-likeness (QED) is 0.820. The molecule has 4 nitrogen and oxygen atoms in total. The fourth-order valence-electron chi connectivity index (χ4n) is 1.45. The van der Waals surface area contributed by atoms with Gasteiger partial charge in [-0.3, -0.25) is 4.79 Å². The number of hydrogen-bond acceptors (Lipinski definition) is 4. The summed E-state index contributed by atoms with van der Waals surface area (Å²) in [5, 5.41) is 0.355. The molecule has 5 heteroatoms. The number of ketones is 1. The molecule has 0 aliphatic carbocycles. The Morgan fingerprint density at radius 1 is 1.44 bits per heavy atom. The summed E-state index contributed by atoms with van der Waals surface area (Å²) in [6, 6.07) is 1.72. The largest absolute Gasteiger partial charge is 0.493 e. The zero-order valence-electron chi connectivity index (χ0n) is 9.46. The second kappa shape index (κ2) is 5.18. The highest BCUT2D eigenvalue weighted by molar-refractivity contribution is 6.35. The molecular formula is C11H14ClNO3. The van der Waals surface area contributed by atoms with Crippen LogP contribution in [-0.4, -0.2) is 26.5 Å². The normalized spacial score (nSPS) is 10.1. The van der Waals surface area contributed by atoms with Crippen molar-refractivity contribution < 1.29 is 14.3 Å². The van der Waals surface area contributed by atoms with E-state index in [9.17, 15) is 4.79 Å². The second-order valence-corrected chi connectivity index (χ2v) is 3.62. The van der Waals surface area contributed by atoms with Crippen LogP contribution in [0, 0.1) is 6.92 Å². The third-order valence-corrected chi connectivity index (χ3v) is 2.74. The highest BCUT2D eigenvalue weighted by atomic mass is 35.5. The lowest BCUT2D eigenvalue weighted by molar-refractivity contribution is 0.0998. The average Bonchev–Trinajstić information content (AvgIpc) is 2.30. The van der Waals surface area contributed by atoms with Crippen LogP contribution in [0.3, 0.4) is 0 Å². The Labute approximate surface area is 99.3 Å². The number of hydrogen-bond donors (Lipinski definition) is 1. The molecule has 0 spiro atoms. The van der Waals surface area contributed by atoms with Gasteiger partial charge in [-0.15, -0.1) is 0 Å². The molecule has 0 aromatic heterocycles. The minimum absolute atomic E-state index is 0.122. The number of nitrogens with two attached hydrogens (primary N) is 1. The van der Waals surface area contributed by atoms with Gasteiger partial charge in [0.05, 0.1) is 31.4 Å². The molecule has 0 heterocycles. The van der Waals surface area contributed by atoms with Crippen LogP contribution >= 0.6 is 11.6 Å². The number of carbonyl (C=O) groups excluding carboxylic acids is 1. The van der Waals surface area contributed by atoms with Crippen molar-refractivity contribution >= 4 is 17.4 Å². The summed E-state index contributed by atoms with van der Waals surface area (Å²) in [5.41, 5.74) is 6.36. The summed E-state index contributed by atoms with van der Waals surface area (Å²) in [4.78, 5) is 11.7. The molecule has 0 saturated carbocycles. The van der Waals surface area contributed by atoms with Crippen molar-refractivity contribution in [2.45, 2.75) is 6.92 Å². The van der Waals surface area contributed by atoms with E-state index >= 15 is 0 Å². The molecule has 1 rings (SSSR count). The molecule has 1 aromatic carbocycles. The van der Waals surface area contributed by atoms with Crippen LogP contribution in [0.25, 0.3) is 0 Å². The number of aryl methyl sites for hydroxylation is 1. The van der Waals surface area contributed by atoms with Crippen molar-refractivity contribution in [2.75, 3.05) is 20.8 Å². The van der Waals surface area contributed by atoms with E-state index < -0.39 is 0 Å². The fraction of sp³-hybridized carbons (Fsp3) is 0.364. The monoisotopic (exact) mass is 243 g/mol. The molecule has 0 radical (unpaired) electrons. The third kappa shape index (κ3) is 2.13. The van der Waals surface area contributed by atoms with Gasteiger partial charge in [0.25, 0.3) is 0 Å². The first-order valence-corrected chi connectivity index (χ1v) is 5.08. The van der Waals surface area contributed by atoms with Gasteiger partial charge in [-0.05, 0) is 18.6 Å². The first-order valence-electron chi connectivity index (χ1n) is 4.71. The minimum atomic E-state index is -0.274. The van der Waals surface area contributed by atoms with Crippen molar-refractivity contribution in [1.82, 2.24) is 0 Å². The number of rotatable bonds is 4. The zero-order valence-corrected chi connectivity index (χ0v) is 10.2. The first-order chi connectivity index (χ1) is 7.56. The van der Waals surface area contributed by atoms with Crippen LogP contribution in [0.15, 0.2) is 6.07 Å². The number of Topliss-reactive ketones (excluding diaryl/α,β-unsaturated/α-hetero) is 1. The topological polar surface area (TPSA) is 61.5 Å². The molecule has 88 valence electrons. The van der Waals surface area contributed by atoms with Crippen molar-refractivity contribution in [2.24, 2.45) is 5.73 Å². The maximum absolute atomic E-state index is 11.7. The summed E-state index contributed by atoms with van der Waals surface area (Å²) >= 11 is 6.07. The van der Waals surface area contributed by atoms with Crippen LogP contribution in [0.2, 0.25) is 5.02 Å². The highest BCUT2D eigenvalue weighted by Crippen LogP contribution is 2.38.